The average molecular weight is 279 g/mol. The van der Waals surface area contributed by atoms with Gasteiger partial charge in [-0.25, -0.2) is 5.43 Å². The number of hydrogen-bond donors (Lipinski definition) is 1. The Labute approximate surface area is 114 Å². The van der Waals surface area contributed by atoms with Gasteiger partial charge in [-0.1, -0.05) is 23.7 Å². The van der Waals surface area contributed by atoms with Gasteiger partial charge in [0.05, 0.1) is 23.8 Å². The fourth-order valence-electron chi connectivity index (χ4n) is 1.26. The minimum Gasteiger partial charge on any atom is -0.482 e. The number of carbonyl (C=O) groups excluding carboxylic acids is 1. The van der Waals surface area contributed by atoms with Crippen LogP contribution in [0.5, 0.6) is 5.75 Å². The van der Waals surface area contributed by atoms with Gasteiger partial charge in [-0.3, -0.25) is 4.79 Å². The van der Waals surface area contributed by atoms with E-state index in [2.05, 4.69) is 10.5 Å². The number of nitrogens with one attached hydrogen (secondary N) is 1. The first-order chi connectivity index (χ1) is 9.25. The monoisotopic (exact) mass is 278 g/mol. The van der Waals surface area contributed by atoms with Gasteiger partial charge in [0.2, 0.25) is 0 Å². The molecule has 0 saturated heterocycles. The van der Waals surface area contributed by atoms with Crippen molar-refractivity contribution in [1.82, 2.24) is 5.43 Å². The van der Waals surface area contributed by atoms with Crippen molar-refractivity contribution in [3.8, 4) is 5.75 Å². The molecule has 0 aliphatic carbocycles. The van der Waals surface area contributed by atoms with E-state index < -0.39 is 0 Å². The summed E-state index contributed by atoms with van der Waals surface area (Å²) in [5.74, 6) is 0.0813. The van der Waals surface area contributed by atoms with Gasteiger partial charge < -0.3 is 9.15 Å². The van der Waals surface area contributed by atoms with Crippen molar-refractivity contribution in [2.45, 2.75) is 0 Å². The summed E-state index contributed by atoms with van der Waals surface area (Å²) in [7, 11) is 0. The van der Waals surface area contributed by atoms with Crippen molar-refractivity contribution in [2.75, 3.05) is 6.61 Å². The first-order valence-corrected chi connectivity index (χ1v) is 5.85. The third-order valence-electron chi connectivity index (χ3n) is 2.14. The average Bonchev–Trinajstić information content (AvgIpc) is 2.91. The molecule has 2 aromatic rings. The van der Waals surface area contributed by atoms with Gasteiger partial charge >= 0.3 is 0 Å². The van der Waals surface area contributed by atoms with Crippen molar-refractivity contribution in [2.24, 2.45) is 5.10 Å². The number of carbonyl (C=O) groups is 1. The van der Waals surface area contributed by atoms with Gasteiger partial charge in [0.15, 0.2) is 6.61 Å². The lowest BCUT2D eigenvalue weighted by Gasteiger charge is -2.05. The molecule has 0 radical (unpaired) electrons. The summed E-state index contributed by atoms with van der Waals surface area (Å²) in [6.07, 6.45) is 4.50. The van der Waals surface area contributed by atoms with Crippen LogP contribution in [-0.4, -0.2) is 18.7 Å². The molecule has 1 N–H and O–H groups in total. The topological polar surface area (TPSA) is 63.8 Å². The predicted octanol–water partition coefficient (Wildman–Crippen LogP) is 2.46. The second kappa shape index (κ2) is 6.61. The quantitative estimate of drug-likeness (QED) is 0.675. The Balaban J connectivity index is 1.78. The highest BCUT2D eigenvalue weighted by atomic mass is 35.5. The number of nitrogens with zero attached hydrogens (tertiary/aromatic N) is 1. The van der Waals surface area contributed by atoms with E-state index in [9.17, 15) is 4.79 Å². The lowest BCUT2D eigenvalue weighted by Crippen LogP contribution is -2.24. The molecule has 0 atom stereocenters. The number of rotatable bonds is 5. The molecule has 5 nitrogen and oxygen atoms in total. The molecule has 1 heterocycles. The minimum atomic E-state index is -0.375. The van der Waals surface area contributed by atoms with Crippen LogP contribution in [0.2, 0.25) is 5.02 Å². The van der Waals surface area contributed by atoms with Gasteiger partial charge in [-0.05, 0) is 18.2 Å². The zero-order chi connectivity index (χ0) is 13.5. The zero-order valence-electron chi connectivity index (χ0n) is 9.88. The summed E-state index contributed by atoms with van der Waals surface area (Å²) >= 11 is 5.88. The maximum atomic E-state index is 11.4. The fourth-order valence-corrected chi connectivity index (χ4v) is 1.45. The van der Waals surface area contributed by atoms with Crippen LogP contribution in [0, 0.1) is 0 Å². The van der Waals surface area contributed by atoms with Crippen LogP contribution in [0.25, 0.3) is 0 Å². The van der Waals surface area contributed by atoms with Gasteiger partial charge in [0.1, 0.15) is 5.75 Å². The number of hydrogen-bond acceptors (Lipinski definition) is 4. The highest BCUT2D eigenvalue weighted by Gasteiger charge is 2.03. The molecule has 19 heavy (non-hydrogen) atoms. The van der Waals surface area contributed by atoms with E-state index in [-0.39, 0.29) is 12.5 Å². The number of amides is 1. The Morgan fingerprint density at radius 3 is 3.00 bits per heavy atom. The highest BCUT2D eigenvalue weighted by Crippen LogP contribution is 2.22. The molecule has 0 spiro atoms. The van der Waals surface area contributed by atoms with Crippen molar-refractivity contribution < 1.29 is 13.9 Å². The first-order valence-electron chi connectivity index (χ1n) is 5.47. The Bertz CT molecular complexity index is 567. The first kappa shape index (κ1) is 13.2. The predicted molar refractivity (Wildman–Crippen MR) is 71.4 cm³/mol. The molecule has 0 unspecified atom stereocenters. The van der Waals surface area contributed by atoms with Crippen molar-refractivity contribution in [1.29, 1.82) is 0 Å². The molecule has 2 rings (SSSR count). The largest absolute Gasteiger partial charge is 0.482 e. The number of hydrazone groups is 1. The van der Waals surface area contributed by atoms with Crippen LogP contribution < -0.4 is 10.2 Å². The molecule has 0 bridgehead atoms. The van der Waals surface area contributed by atoms with E-state index in [0.29, 0.717) is 10.8 Å². The molecule has 98 valence electrons. The second-order valence-corrected chi connectivity index (χ2v) is 3.98. The van der Waals surface area contributed by atoms with E-state index >= 15 is 0 Å². The van der Waals surface area contributed by atoms with Gasteiger partial charge in [-0.15, -0.1) is 0 Å². The molecule has 0 saturated carbocycles. The normalized spacial score (nSPS) is 10.6. The molecule has 1 aromatic carbocycles. The number of benzene rings is 1. The molecular formula is C13H11ClN2O3. The van der Waals surface area contributed by atoms with Crippen molar-refractivity contribution in [3.05, 3.63) is 53.4 Å². The van der Waals surface area contributed by atoms with Crippen molar-refractivity contribution in [3.63, 3.8) is 0 Å². The third-order valence-corrected chi connectivity index (χ3v) is 2.45. The van der Waals surface area contributed by atoms with Crippen LogP contribution in [0.4, 0.5) is 0 Å². The lowest BCUT2D eigenvalue weighted by atomic mass is 10.3. The Hall–Kier alpha value is -2.27. The maximum Gasteiger partial charge on any atom is 0.277 e. The standard InChI is InChI=1S/C13H11ClN2O3/c14-11-3-1-2-4-12(11)19-9-13(17)16-15-7-10-5-6-18-8-10/h1-8H,9H2,(H,16,17). The zero-order valence-corrected chi connectivity index (χ0v) is 10.6. The number of para-hydroxylation sites is 1. The highest BCUT2D eigenvalue weighted by molar-refractivity contribution is 6.32. The van der Waals surface area contributed by atoms with E-state index in [1.54, 1.807) is 30.3 Å². The Morgan fingerprint density at radius 1 is 1.42 bits per heavy atom. The number of halogens is 1. The van der Waals surface area contributed by atoms with Gasteiger partial charge in [0, 0.05) is 5.56 Å². The van der Waals surface area contributed by atoms with Crippen LogP contribution in [0.1, 0.15) is 5.56 Å². The van der Waals surface area contributed by atoms with Gasteiger partial charge in [-0.2, -0.15) is 5.10 Å². The number of furan rings is 1. The molecule has 1 aromatic heterocycles. The molecule has 0 fully saturated rings. The van der Waals surface area contributed by atoms with Crippen LogP contribution in [-0.2, 0) is 4.79 Å². The van der Waals surface area contributed by atoms with Crippen molar-refractivity contribution >= 4 is 23.7 Å². The smallest absolute Gasteiger partial charge is 0.277 e. The SMILES string of the molecule is O=C(COc1ccccc1Cl)NN=Cc1ccoc1. The molecule has 0 aliphatic rings. The fraction of sp³-hybridized carbons (Fsp3) is 0.0769. The third kappa shape index (κ3) is 4.15. The lowest BCUT2D eigenvalue weighted by molar-refractivity contribution is -0.123. The van der Waals surface area contributed by atoms with E-state index in [0.717, 1.165) is 5.56 Å². The molecule has 6 heteroatoms. The van der Waals surface area contributed by atoms with E-state index in [4.69, 9.17) is 20.8 Å². The van der Waals surface area contributed by atoms with Crippen LogP contribution >= 0.6 is 11.6 Å². The summed E-state index contributed by atoms with van der Waals surface area (Å²) in [4.78, 5) is 11.4. The van der Waals surface area contributed by atoms with E-state index in [1.165, 1.54) is 18.7 Å². The molecule has 1 amide bonds. The second-order valence-electron chi connectivity index (χ2n) is 3.57. The summed E-state index contributed by atoms with van der Waals surface area (Å²) in [5, 5.41) is 4.21. The van der Waals surface area contributed by atoms with Crippen LogP contribution in [0.3, 0.4) is 0 Å². The van der Waals surface area contributed by atoms with E-state index in [1.807, 2.05) is 0 Å². The molecule has 0 aliphatic heterocycles. The maximum absolute atomic E-state index is 11.4. The summed E-state index contributed by atoms with van der Waals surface area (Å²) in [5.41, 5.74) is 3.09. The minimum absolute atomic E-state index is 0.160. The number of ether oxygens (including phenoxy) is 1. The summed E-state index contributed by atoms with van der Waals surface area (Å²) in [6.45, 7) is -0.160. The van der Waals surface area contributed by atoms with Gasteiger partial charge in [0.25, 0.3) is 5.91 Å². The Kier molecular flexibility index (Phi) is 4.58. The molecular weight excluding hydrogens is 268 g/mol. The summed E-state index contributed by atoms with van der Waals surface area (Å²) in [6, 6.07) is 8.65. The van der Waals surface area contributed by atoms with Crippen LogP contribution in [0.15, 0.2) is 52.4 Å². The Morgan fingerprint density at radius 2 is 2.26 bits per heavy atom. The summed E-state index contributed by atoms with van der Waals surface area (Å²) < 4.78 is 10.1.